The first kappa shape index (κ1) is 19.8. The van der Waals surface area contributed by atoms with Crippen molar-refractivity contribution < 1.29 is 18.0 Å². The largest absolute Gasteiger partial charge is 0.349 e. The summed E-state index contributed by atoms with van der Waals surface area (Å²) < 4.78 is 23.2. The Balaban J connectivity index is 1.59. The van der Waals surface area contributed by atoms with E-state index in [0.717, 1.165) is 25.7 Å². The molecule has 1 atom stereocenters. The summed E-state index contributed by atoms with van der Waals surface area (Å²) >= 11 is 0. The molecule has 1 aliphatic heterocycles. The molecule has 1 heterocycles. The van der Waals surface area contributed by atoms with Gasteiger partial charge in [0, 0.05) is 12.1 Å². The summed E-state index contributed by atoms with van der Waals surface area (Å²) in [5.74, 6) is -0.165. The fourth-order valence-electron chi connectivity index (χ4n) is 3.79. The van der Waals surface area contributed by atoms with Gasteiger partial charge in [0.1, 0.15) is 0 Å². The predicted octanol–water partition coefficient (Wildman–Crippen LogP) is 1.42. The molecule has 0 bridgehead atoms. The Morgan fingerprint density at radius 3 is 2.52 bits per heavy atom. The number of anilines is 1. The summed E-state index contributed by atoms with van der Waals surface area (Å²) in [6, 6.07) is 7.02. The molecule has 3 rings (SSSR count). The average Bonchev–Trinajstić information content (AvgIpc) is 3.24. The quantitative estimate of drug-likeness (QED) is 0.762. The van der Waals surface area contributed by atoms with Gasteiger partial charge in [-0.15, -0.1) is 0 Å². The molecular formula is C19H27N3O4S. The fourth-order valence-corrected chi connectivity index (χ4v) is 5.60. The molecule has 0 radical (unpaired) electrons. The smallest absolute Gasteiger partial charge is 0.253 e. The summed E-state index contributed by atoms with van der Waals surface area (Å²) in [6.07, 6.45) is 4.80. The van der Waals surface area contributed by atoms with Crippen LogP contribution in [0.1, 0.15) is 42.5 Å². The molecule has 0 unspecified atom stereocenters. The van der Waals surface area contributed by atoms with Crippen LogP contribution in [0, 0.1) is 0 Å². The number of likely N-dealkylation sites (N-methyl/N-ethyl adjacent to an activating group) is 1. The SMILES string of the molecule is CN(CC(=O)Nc1ccccc1C(=O)NC1CCCC1)[C@H]1CCS(=O)(=O)C1. The molecule has 8 heteroatoms. The highest BCUT2D eigenvalue weighted by Gasteiger charge is 2.31. The lowest BCUT2D eigenvalue weighted by Crippen LogP contribution is -2.39. The number of nitrogens with one attached hydrogen (secondary N) is 2. The molecule has 1 aliphatic carbocycles. The van der Waals surface area contributed by atoms with Crippen molar-refractivity contribution in [3.05, 3.63) is 29.8 Å². The second kappa shape index (κ2) is 8.39. The highest BCUT2D eigenvalue weighted by molar-refractivity contribution is 7.91. The van der Waals surface area contributed by atoms with Crippen molar-refractivity contribution in [3.63, 3.8) is 0 Å². The third-order valence-corrected chi connectivity index (χ3v) is 7.11. The van der Waals surface area contributed by atoms with Gasteiger partial charge in [0.15, 0.2) is 9.84 Å². The number of hydrogen-bond donors (Lipinski definition) is 2. The van der Waals surface area contributed by atoms with Crippen LogP contribution >= 0.6 is 0 Å². The summed E-state index contributed by atoms with van der Waals surface area (Å²) in [4.78, 5) is 26.8. The maximum Gasteiger partial charge on any atom is 0.253 e. The van der Waals surface area contributed by atoms with E-state index >= 15 is 0 Å². The Labute approximate surface area is 160 Å². The molecule has 1 saturated heterocycles. The number of para-hydroxylation sites is 1. The van der Waals surface area contributed by atoms with Crippen LogP contribution in [0.25, 0.3) is 0 Å². The molecule has 1 aromatic carbocycles. The number of hydrogen-bond acceptors (Lipinski definition) is 5. The lowest BCUT2D eigenvalue weighted by Gasteiger charge is -2.22. The molecule has 7 nitrogen and oxygen atoms in total. The van der Waals surface area contributed by atoms with Gasteiger partial charge in [-0.25, -0.2) is 8.42 Å². The third-order valence-electron chi connectivity index (χ3n) is 5.36. The summed E-state index contributed by atoms with van der Waals surface area (Å²) in [7, 11) is -1.24. The first-order valence-corrected chi connectivity index (χ1v) is 11.3. The molecule has 148 valence electrons. The van der Waals surface area contributed by atoms with E-state index in [4.69, 9.17) is 0 Å². The second-order valence-electron chi connectivity index (χ2n) is 7.52. The standard InChI is InChI=1S/C19H27N3O4S/c1-22(15-10-11-27(25,26)13-15)12-18(23)21-17-9-5-4-8-16(17)19(24)20-14-6-2-3-7-14/h4-5,8-9,14-15H,2-3,6-7,10-13H2,1H3,(H,20,24)(H,21,23)/t15-/m0/s1. The monoisotopic (exact) mass is 393 g/mol. The van der Waals surface area contributed by atoms with Crippen molar-refractivity contribution in [2.75, 3.05) is 30.4 Å². The molecule has 0 spiro atoms. The van der Waals surface area contributed by atoms with Gasteiger partial charge in [-0.1, -0.05) is 25.0 Å². The number of benzene rings is 1. The minimum absolute atomic E-state index is 0.0821. The summed E-state index contributed by atoms with van der Waals surface area (Å²) in [5, 5.41) is 5.84. The van der Waals surface area contributed by atoms with Crippen LogP contribution in [0.15, 0.2) is 24.3 Å². The van der Waals surface area contributed by atoms with E-state index in [1.807, 2.05) is 0 Å². The van der Waals surface area contributed by atoms with Gasteiger partial charge in [-0.2, -0.15) is 0 Å². The van der Waals surface area contributed by atoms with Gasteiger partial charge in [0.2, 0.25) is 5.91 Å². The van der Waals surface area contributed by atoms with Crippen LogP contribution in [-0.4, -0.2) is 62.3 Å². The van der Waals surface area contributed by atoms with Crippen molar-refractivity contribution in [2.45, 2.75) is 44.2 Å². The van der Waals surface area contributed by atoms with Crippen LogP contribution in [0.2, 0.25) is 0 Å². The number of nitrogens with zero attached hydrogens (tertiary/aromatic N) is 1. The van der Waals surface area contributed by atoms with Gasteiger partial charge in [0.05, 0.1) is 29.3 Å². The zero-order valence-corrected chi connectivity index (χ0v) is 16.4. The van der Waals surface area contributed by atoms with Gasteiger partial charge in [0.25, 0.3) is 5.91 Å². The van der Waals surface area contributed by atoms with Crippen molar-refractivity contribution in [1.82, 2.24) is 10.2 Å². The Morgan fingerprint density at radius 1 is 1.15 bits per heavy atom. The van der Waals surface area contributed by atoms with Gasteiger partial charge in [-0.3, -0.25) is 14.5 Å². The van der Waals surface area contributed by atoms with Crippen LogP contribution in [-0.2, 0) is 14.6 Å². The van der Waals surface area contributed by atoms with Crippen molar-refractivity contribution in [1.29, 1.82) is 0 Å². The van der Waals surface area contributed by atoms with Gasteiger partial charge >= 0.3 is 0 Å². The molecule has 1 aromatic rings. The van der Waals surface area contributed by atoms with Crippen LogP contribution in [0.3, 0.4) is 0 Å². The van der Waals surface area contributed by atoms with Crippen LogP contribution < -0.4 is 10.6 Å². The average molecular weight is 394 g/mol. The zero-order valence-electron chi connectivity index (χ0n) is 15.6. The molecular weight excluding hydrogens is 366 g/mol. The van der Waals surface area contributed by atoms with Crippen LogP contribution in [0.4, 0.5) is 5.69 Å². The van der Waals surface area contributed by atoms with Crippen molar-refractivity contribution >= 4 is 27.3 Å². The minimum atomic E-state index is -2.99. The summed E-state index contributed by atoms with van der Waals surface area (Å²) in [5.41, 5.74) is 0.925. The number of carbonyl (C=O) groups is 2. The number of carbonyl (C=O) groups excluding carboxylic acids is 2. The lowest BCUT2D eigenvalue weighted by molar-refractivity contribution is -0.117. The second-order valence-corrected chi connectivity index (χ2v) is 9.75. The van der Waals surface area contributed by atoms with Gasteiger partial charge in [-0.05, 0) is 38.4 Å². The Kier molecular flexibility index (Phi) is 6.16. The molecule has 2 amide bonds. The fraction of sp³-hybridized carbons (Fsp3) is 0.579. The Bertz CT molecular complexity index is 803. The molecule has 2 N–H and O–H groups in total. The maximum atomic E-state index is 12.6. The highest BCUT2D eigenvalue weighted by Crippen LogP contribution is 2.21. The third kappa shape index (κ3) is 5.29. The Morgan fingerprint density at radius 2 is 1.85 bits per heavy atom. The predicted molar refractivity (Wildman–Crippen MR) is 104 cm³/mol. The number of rotatable bonds is 6. The van der Waals surface area contributed by atoms with Crippen LogP contribution in [0.5, 0.6) is 0 Å². The topological polar surface area (TPSA) is 95.6 Å². The number of amides is 2. The zero-order chi connectivity index (χ0) is 19.4. The van der Waals surface area contributed by atoms with E-state index in [9.17, 15) is 18.0 Å². The minimum Gasteiger partial charge on any atom is -0.349 e. The first-order valence-electron chi connectivity index (χ1n) is 9.44. The molecule has 1 saturated carbocycles. The Hall–Kier alpha value is -1.93. The highest BCUT2D eigenvalue weighted by atomic mass is 32.2. The van der Waals surface area contributed by atoms with E-state index in [0.29, 0.717) is 17.7 Å². The van der Waals surface area contributed by atoms with E-state index in [-0.39, 0.29) is 41.9 Å². The molecule has 27 heavy (non-hydrogen) atoms. The van der Waals surface area contributed by atoms with Crippen molar-refractivity contribution in [2.24, 2.45) is 0 Å². The lowest BCUT2D eigenvalue weighted by atomic mass is 10.1. The first-order chi connectivity index (χ1) is 12.8. The van der Waals surface area contributed by atoms with Crippen molar-refractivity contribution in [3.8, 4) is 0 Å². The maximum absolute atomic E-state index is 12.6. The van der Waals surface area contributed by atoms with E-state index in [1.54, 1.807) is 36.2 Å². The number of sulfone groups is 1. The van der Waals surface area contributed by atoms with E-state index in [2.05, 4.69) is 10.6 Å². The molecule has 2 fully saturated rings. The summed E-state index contributed by atoms with van der Waals surface area (Å²) in [6.45, 7) is 0.0821. The molecule has 2 aliphatic rings. The van der Waals surface area contributed by atoms with E-state index < -0.39 is 9.84 Å². The van der Waals surface area contributed by atoms with E-state index in [1.165, 1.54) is 0 Å². The van der Waals surface area contributed by atoms with Gasteiger partial charge < -0.3 is 10.6 Å². The molecule has 0 aromatic heterocycles. The normalized spacial score (nSPS) is 22.1.